The lowest BCUT2D eigenvalue weighted by atomic mass is 9.76. The number of amides is 1. The van der Waals surface area contributed by atoms with Crippen LogP contribution < -0.4 is 11.1 Å². The number of carbonyl (C=O) groups excluding carboxylic acids is 1. The van der Waals surface area contributed by atoms with Crippen molar-refractivity contribution in [2.45, 2.75) is 70.9 Å². The summed E-state index contributed by atoms with van der Waals surface area (Å²) in [5, 5.41) is 3.10. The maximum Gasteiger partial charge on any atom is 0.234 e. The number of hydrogen-bond acceptors (Lipinski definition) is 3. The van der Waals surface area contributed by atoms with Crippen LogP contribution in [0.5, 0.6) is 0 Å². The Bertz CT molecular complexity index is 320. The number of hydrogen-bond donors (Lipinski definition) is 2. The molecule has 0 spiro atoms. The summed E-state index contributed by atoms with van der Waals surface area (Å²) in [6.07, 6.45) is 5.56. The summed E-state index contributed by atoms with van der Waals surface area (Å²) in [6.45, 7) is 9.60. The zero-order chi connectivity index (χ0) is 15.4. The molecular weight excluding hydrogens is 250 g/mol. The minimum Gasteiger partial charge on any atom is -0.350 e. The zero-order valence-corrected chi connectivity index (χ0v) is 14.0. The van der Waals surface area contributed by atoms with Gasteiger partial charge in [-0.15, -0.1) is 0 Å². The Balaban J connectivity index is 2.59. The summed E-state index contributed by atoms with van der Waals surface area (Å²) >= 11 is 0. The SMILES string of the molecule is CCC(C)(C)NC(=O)CN(C)C1(CN)CCC(C)CC1. The second kappa shape index (κ2) is 6.90. The molecule has 0 atom stereocenters. The standard InChI is InChI=1S/C16H33N3O/c1-6-15(3,4)18-14(20)11-19(5)16(12-17)9-7-13(2)8-10-16/h13H,6-12,17H2,1-5H3,(H,18,20). The van der Waals surface area contributed by atoms with Crippen LogP contribution in [0.1, 0.15) is 59.8 Å². The highest BCUT2D eigenvalue weighted by Gasteiger charge is 2.37. The maximum absolute atomic E-state index is 12.2. The fourth-order valence-electron chi connectivity index (χ4n) is 2.93. The molecule has 0 heterocycles. The summed E-state index contributed by atoms with van der Waals surface area (Å²) < 4.78 is 0. The van der Waals surface area contributed by atoms with E-state index in [0.717, 1.165) is 25.2 Å². The van der Waals surface area contributed by atoms with Crippen LogP contribution in [-0.2, 0) is 4.79 Å². The first-order chi connectivity index (χ1) is 9.24. The Kier molecular flexibility index (Phi) is 6.02. The third-order valence-corrected chi connectivity index (χ3v) is 5.14. The average Bonchev–Trinajstić information content (AvgIpc) is 2.39. The number of likely N-dealkylation sites (N-methyl/N-ethyl adjacent to an activating group) is 1. The molecule has 1 aliphatic carbocycles. The third kappa shape index (κ3) is 4.45. The van der Waals surface area contributed by atoms with Crippen LogP contribution in [-0.4, -0.2) is 42.0 Å². The second-order valence-electron chi connectivity index (χ2n) is 7.25. The summed E-state index contributed by atoms with van der Waals surface area (Å²) in [6, 6.07) is 0. The molecule has 0 aromatic heterocycles. The first kappa shape index (κ1) is 17.4. The zero-order valence-electron chi connectivity index (χ0n) is 14.0. The molecule has 4 nitrogen and oxygen atoms in total. The fourth-order valence-corrected chi connectivity index (χ4v) is 2.93. The van der Waals surface area contributed by atoms with Gasteiger partial charge in [0.1, 0.15) is 0 Å². The molecule has 0 saturated heterocycles. The summed E-state index contributed by atoms with van der Waals surface area (Å²) in [5.41, 5.74) is 5.92. The predicted octanol–water partition coefficient (Wildman–Crippen LogP) is 2.13. The van der Waals surface area contributed by atoms with E-state index in [1.165, 1.54) is 12.8 Å². The van der Waals surface area contributed by atoms with Gasteiger partial charge in [-0.1, -0.05) is 13.8 Å². The first-order valence-corrected chi connectivity index (χ1v) is 7.97. The molecule has 20 heavy (non-hydrogen) atoms. The molecule has 4 heteroatoms. The van der Waals surface area contributed by atoms with Gasteiger partial charge < -0.3 is 11.1 Å². The van der Waals surface area contributed by atoms with Crippen LogP contribution in [0.25, 0.3) is 0 Å². The molecule has 0 aromatic carbocycles. The lowest BCUT2D eigenvalue weighted by Crippen LogP contribution is -2.57. The van der Waals surface area contributed by atoms with Crippen molar-refractivity contribution in [2.75, 3.05) is 20.1 Å². The summed E-state index contributed by atoms with van der Waals surface area (Å²) in [5.74, 6) is 0.890. The quantitative estimate of drug-likeness (QED) is 0.785. The lowest BCUT2D eigenvalue weighted by Gasteiger charge is -2.45. The minimum atomic E-state index is -0.130. The normalized spacial score (nSPS) is 27.6. The monoisotopic (exact) mass is 283 g/mol. The van der Waals surface area contributed by atoms with Crippen molar-refractivity contribution in [1.82, 2.24) is 10.2 Å². The highest BCUT2D eigenvalue weighted by atomic mass is 16.2. The van der Waals surface area contributed by atoms with E-state index in [-0.39, 0.29) is 17.0 Å². The van der Waals surface area contributed by atoms with E-state index >= 15 is 0 Å². The molecule has 0 aromatic rings. The van der Waals surface area contributed by atoms with Gasteiger partial charge in [0.05, 0.1) is 6.54 Å². The first-order valence-electron chi connectivity index (χ1n) is 7.97. The molecule has 0 unspecified atom stereocenters. The van der Waals surface area contributed by atoms with Gasteiger partial charge in [-0.2, -0.15) is 0 Å². The van der Waals surface area contributed by atoms with Crippen molar-refractivity contribution >= 4 is 5.91 Å². The van der Waals surface area contributed by atoms with Crippen molar-refractivity contribution < 1.29 is 4.79 Å². The fraction of sp³-hybridized carbons (Fsp3) is 0.938. The predicted molar refractivity (Wildman–Crippen MR) is 84.6 cm³/mol. The van der Waals surface area contributed by atoms with Crippen molar-refractivity contribution in [3.63, 3.8) is 0 Å². The van der Waals surface area contributed by atoms with Gasteiger partial charge in [-0.25, -0.2) is 0 Å². The van der Waals surface area contributed by atoms with E-state index in [0.29, 0.717) is 13.1 Å². The summed E-state index contributed by atoms with van der Waals surface area (Å²) in [7, 11) is 2.04. The minimum absolute atomic E-state index is 0.0141. The van der Waals surface area contributed by atoms with Gasteiger partial charge in [-0.3, -0.25) is 9.69 Å². The Morgan fingerprint density at radius 2 is 1.95 bits per heavy atom. The van der Waals surface area contributed by atoms with Crippen LogP contribution in [0.4, 0.5) is 0 Å². The molecule has 0 radical (unpaired) electrons. The Hall–Kier alpha value is -0.610. The topological polar surface area (TPSA) is 58.4 Å². The van der Waals surface area contributed by atoms with Gasteiger partial charge in [0.15, 0.2) is 0 Å². The molecular formula is C16H33N3O. The molecule has 1 amide bonds. The van der Waals surface area contributed by atoms with Crippen molar-refractivity contribution in [3.8, 4) is 0 Å². The number of rotatable bonds is 6. The smallest absolute Gasteiger partial charge is 0.234 e. The second-order valence-corrected chi connectivity index (χ2v) is 7.25. The highest BCUT2D eigenvalue weighted by Crippen LogP contribution is 2.34. The molecule has 3 N–H and O–H groups in total. The van der Waals surface area contributed by atoms with Crippen LogP contribution in [0, 0.1) is 5.92 Å². The number of carbonyl (C=O) groups is 1. The van der Waals surface area contributed by atoms with E-state index in [1.54, 1.807) is 0 Å². The average molecular weight is 283 g/mol. The number of nitrogens with two attached hydrogens (primary N) is 1. The summed E-state index contributed by atoms with van der Waals surface area (Å²) in [4.78, 5) is 14.4. The highest BCUT2D eigenvalue weighted by molar-refractivity contribution is 5.78. The lowest BCUT2D eigenvalue weighted by molar-refractivity contribution is -0.125. The van der Waals surface area contributed by atoms with Gasteiger partial charge in [0.2, 0.25) is 5.91 Å². The van der Waals surface area contributed by atoms with Gasteiger partial charge in [0, 0.05) is 17.6 Å². The van der Waals surface area contributed by atoms with E-state index in [2.05, 4.69) is 37.9 Å². The van der Waals surface area contributed by atoms with E-state index in [9.17, 15) is 4.79 Å². The van der Waals surface area contributed by atoms with Crippen molar-refractivity contribution in [3.05, 3.63) is 0 Å². The molecule has 1 rings (SSSR count). The molecule has 0 bridgehead atoms. The number of nitrogens with one attached hydrogen (secondary N) is 1. The van der Waals surface area contributed by atoms with Gasteiger partial charge in [0.25, 0.3) is 0 Å². The van der Waals surface area contributed by atoms with E-state index in [4.69, 9.17) is 5.73 Å². The van der Waals surface area contributed by atoms with Crippen molar-refractivity contribution in [1.29, 1.82) is 0 Å². The molecule has 1 fully saturated rings. The van der Waals surface area contributed by atoms with Crippen LogP contribution in [0.3, 0.4) is 0 Å². The largest absolute Gasteiger partial charge is 0.350 e. The Morgan fingerprint density at radius 3 is 2.40 bits per heavy atom. The molecule has 118 valence electrons. The van der Waals surface area contributed by atoms with Crippen LogP contribution in [0.2, 0.25) is 0 Å². The van der Waals surface area contributed by atoms with Crippen LogP contribution >= 0.6 is 0 Å². The maximum atomic E-state index is 12.2. The third-order valence-electron chi connectivity index (χ3n) is 5.14. The van der Waals surface area contributed by atoms with Gasteiger partial charge in [-0.05, 0) is 58.9 Å². The Morgan fingerprint density at radius 1 is 1.40 bits per heavy atom. The van der Waals surface area contributed by atoms with Crippen molar-refractivity contribution in [2.24, 2.45) is 11.7 Å². The Labute approximate surface area is 124 Å². The molecule has 0 aliphatic heterocycles. The molecule has 1 aliphatic rings. The van der Waals surface area contributed by atoms with Crippen LogP contribution in [0.15, 0.2) is 0 Å². The number of nitrogens with zero attached hydrogens (tertiary/aromatic N) is 1. The van der Waals surface area contributed by atoms with Gasteiger partial charge >= 0.3 is 0 Å². The molecule has 1 saturated carbocycles. The van der Waals surface area contributed by atoms with E-state index < -0.39 is 0 Å². The van der Waals surface area contributed by atoms with E-state index in [1.807, 2.05) is 7.05 Å².